The van der Waals surface area contributed by atoms with Crippen LogP contribution in [0.3, 0.4) is 0 Å². The molecule has 1 heterocycles. The van der Waals surface area contributed by atoms with E-state index < -0.39 is 12.2 Å². The molecule has 1 nitrogen and oxygen atoms in total. The molecule has 1 N–H and O–H groups in total. The molecule has 6 heteroatoms. The largest absolute Gasteiger partial charge is 0.409 e. The van der Waals surface area contributed by atoms with Gasteiger partial charge in [0.1, 0.15) is 6.04 Å². The molecular weight excluding hydrogens is 211 g/mol. The van der Waals surface area contributed by atoms with Gasteiger partial charge in [0.2, 0.25) is 0 Å². The van der Waals surface area contributed by atoms with Crippen molar-refractivity contribution in [2.45, 2.75) is 12.2 Å². The number of hydrogen-bond acceptors (Lipinski definition) is 2. The van der Waals surface area contributed by atoms with Crippen molar-refractivity contribution in [2.24, 2.45) is 0 Å². The second kappa shape index (κ2) is 3.64. The van der Waals surface area contributed by atoms with Crippen LogP contribution in [0.4, 0.5) is 13.2 Å². The Morgan fingerprint density at radius 3 is 2.50 bits per heavy atom. The third-order valence-electron chi connectivity index (χ3n) is 1.31. The Morgan fingerprint density at radius 1 is 1.50 bits per heavy atom. The van der Waals surface area contributed by atoms with Crippen LogP contribution >= 0.6 is 23.1 Å². The molecule has 68 valence electrons. The molecule has 0 spiro atoms. The lowest BCUT2D eigenvalue weighted by atomic mass is 10.1. The maximum atomic E-state index is 12.1. The second-order valence-electron chi connectivity index (χ2n) is 2.14. The average Bonchev–Trinajstić information content (AvgIpc) is 2.38. The Labute approximate surface area is 76.3 Å². The van der Waals surface area contributed by atoms with Gasteiger partial charge in [0, 0.05) is 0 Å². The molecule has 0 amide bonds. The summed E-state index contributed by atoms with van der Waals surface area (Å²) in [7, 11) is 0. The fraction of sp³-hybridized carbons (Fsp3) is 0.333. The third-order valence-corrected chi connectivity index (χ3v) is 2.23. The van der Waals surface area contributed by atoms with Crippen LogP contribution in [0.2, 0.25) is 0 Å². The first-order chi connectivity index (χ1) is 5.55. The summed E-state index contributed by atoms with van der Waals surface area (Å²) in [6, 6.07) is -0.386. The lowest BCUT2D eigenvalue weighted by Crippen LogP contribution is -2.28. The van der Waals surface area contributed by atoms with Crippen LogP contribution in [0.1, 0.15) is 11.6 Å². The maximum Gasteiger partial charge on any atom is 0.409 e. The Hall–Kier alpha value is -0.260. The summed E-state index contributed by atoms with van der Waals surface area (Å²) in [6.07, 6.45) is -4.34. The average molecular weight is 216 g/mol. The monoisotopic (exact) mass is 215 g/mol. The van der Waals surface area contributed by atoms with Gasteiger partial charge in [-0.05, 0) is 34.2 Å². The molecule has 1 atom stereocenters. The first-order valence-electron chi connectivity index (χ1n) is 3.00. The van der Waals surface area contributed by atoms with Crippen LogP contribution in [0.15, 0.2) is 16.8 Å². The molecule has 1 aromatic heterocycles. The highest BCUT2D eigenvalue weighted by atomic mass is 35.5. The van der Waals surface area contributed by atoms with Crippen molar-refractivity contribution in [1.82, 2.24) is 4.84 Å². The van der Waals surface area contributed by atoms with Crippen LogP contribution < -0.4 is 4.84 Å². The van der Waals surface area contributed by atoms with E-state index in [4.69, 9.17) is 11.8 Å². The number of nitrogens with one attached hydrogen (secondary N) is 1. The number of rotatable bonds is 2. The van der Waals surface area contributed by atoms with Gasteiger partial charge < -0.3 is 0 Å². The molecule has 0 bridgehead atoms. The van der Waals surface area contributed by atoms with Gasteiger partial charge in [-0.25, -0.2) is 4.84 Å². The minimum absolute atomic E-state index is 0.141. The van der Waals surface area contributed by atoms with Gasteiger partial charge in [-0.3, -0.25) is 0 Å². The van der Waals surface area contributed by atoms with E-state index in [0.29, 0.717) is 0 Å². The highest BCUT2D eigenvalue weighted by molar-refractivity contribution is 7.08. The molecule has 0 radical (unpaired) electrons. The van der Waals surface area contributed by atoms with Crippen molar-refractivity contribution < 1.29 is 13.2 Å². The summed E-state index contributed by atoms with van der Waals surface area (Å²) < 4.78 is 36.4. The predicted octanol–water partition coefficient (Wildman–Crippen LogP) is 3.09. The first-order valence-corrected chi connectivity index (χ1v) is 4.32. The van der Waals surface area contributed by atoms with Crippen LogP contribution in [0.5, 0.6) is 0 Å². The molecule has 0 aliphatic rings. The number of hydrogen-bond donors (Lipinski definition) is 1. The maximum absolute atomic E-state index is 12.1. The predicted molar refractivity (Wildman–Crippen MR) is 42.1 cm³/mol. The van der Waals surface area contributed by atoms with E-state index in [1.807, 2.05) is 0 Å². The van der Waals surface area contributed by atoms with E-state index in [2.05, 4.69) is 0 Å². The van der Waals surface area contributed by atoms with E-state index in [0.717, 1.165) is 0 Å². The summed E-state index contributed by atoms with van der Waals surface area (Å²) in [6.45, 7) is 0. The topological polar surface area (TPSA) is 12.0 Å². The fourth-order valence-corrected chi connectivity index (χ4v) is 1.69. The highest BCUT2D eigenvalue weighted by Gasteiger charge is 2.40. The number of thiophene rings is 1. The number of alkyl halides is 3. The normalized spacial score (nSPS) is 14.7. The molecule has 0 fully saturated rings. The van der Waals surface area contributed by atoms with Crippen molar-refractivity contribution in [3.05, 3.63) is 22.4 Å². The van der Waals surface area contributed by atoms with Crippen molar-refractivity contribution >= 4 is 23.1 Å². The first kappa shape index (κ1) is 9.83. The summed E-state index contributed by atoms with van der Waals surface area (Å²) in [5.74, 6) is 0. The third kappa shape index (κ3) is 2.12. The zero-order valence-electron chi connectivity index (χ0n) is 5.73. The Morgan fingerprint density at radius 2 is 2.17 bits per heavy atom. The zero-order valence-corrected chi connectivity index (χ0v) is 7.30. The molecule has 12 heavy (non-hydrogen) atoms. The Bertz CT molecular complexity index is 233. The SMILES string of the molecule is FC(F)(F)[C@@H](NCl)c1ccsc1. The lowest BCUT2D eigenvalue weighted by molar-refractivity contribution is -0.152. The standard InChI is InChI=1S/C6H5ClF3NS/c7-11-5(6(8,9)10)4-1-2-12-3-4/h1-3,5,11H/t5-/m0/s1. The van der Waals surface area contributed by atoms with Gasteiger partial charge in [0.15, 0.2) is 0 Å². The summed E-state index contributed by atoms with van der Waals surface area (Å²) in [4.78, 5) is 1.70. The van der Waals surface area contributed by atoms with Gasteiger partial charge in [0.05, 0.1) is 0 Å². The summed E-state index contributed by atoms with van der Waals surface area (Å²) in [5, 5.41) is 2.98. The molecule has 1 aromatic rings. The molecule has 0 saturated carbocycles. The van der Waals surface area contributed by atoms with Gasteiger partial charge in [0.25, 0.3) is 0 Å². The van der Waals surface area contributed by atoms with Crippen LogP contribution in [-0.2, 0) is 0 Å². The summed E-state index contributed by atoms with van der Waals surface area (Å²) >= 11 is 6.18. The second-order valence-corrected chi connectivity index (χ2v) is 3.14. The van der Waals surface area contributed by atoms with E-state index in [1.54, 1.807) is 10.2 Å². The Balaban J connectivity index is 2.84. The lowest BCUT2D eigenvalue weighted by Gasteiger charge is -2.16. The molecule has 1 rings (SSSR count). The Kier molecular flexibility index (Phi) is 2.98. The van der Waals surface area contributed by atoms with Gasteiger partial charge >= 0.3 is 6.18 Å². The minimum Gasteiger partial charge on any atom is -0.217 e. The highest BCUT2D eigenvalue weighted by Crippen LogP contribution is 2.33. The summed E-state index contributed by atoms with van der Waals surface area (Å²) in [5.41, 5.74) is 0.141. The molecule has 0 unspecified atom stereocenters. The fourth-order valence-electron chi connectivity index (χ4n) is 0.753. The van der Waals surface area contributed by atoms with Crippen LogP contribution in [-0.4, -0.2) is 6.18 Å². The molecule has 0 aromatic carbocycles. The van der Waals surface area contributed by atoms with Crippen molar-refractivity contribution in [1.29, 1.82) is 0 Å². The van der Waals surface area contributed by atoms with Crippen molar-refractivity contribution in [2.75, 3.05) is 0 Å². The van der Waals surface area contributed by atoms with Crippen molar-refractivity contribution in [3.63, 3.8) is 0 Å². The van der Waals surface area contributed by atoms with Gasteiger partial charge in [-0.15, -0.1) is 0 Å². The zero-order chi connectivity index (χ0) is 9.19. The van der Waals surface area contributed by atoms with Gasteiger partial charge in [-0.2, -0.15) is 24.5 Å². The molecule has 0 saturated heterocycles. The number of halogens is 4. The van der Waals surface area contributed by atoms with E-state index in [9.17, 15) is 13.2 Å². The molecule has 0 aliphatic carbocycles. The van der Waals surface area contributed by atoms with Crippen molar-refractivity contribution in [3.8, 4) is 0 Å². The molecular formula is C6H5ClF3NS. The van der Waals surface area contributed by atoms with E-state index >= 15 is 0 Å². The minimum atomic E-state index is -4.34. The quantitative estimate of drug-likeness (QED) is 0.748. The van der Waals surface area contributed by atoms with Crippen LogP contribution in [0.25, 0.3) is 0 Å². The molecule has 0 aliphatic heterocycles. The smallest absolute Gasteiger partial charge is 0.217 e. The van der Waals surface area contributed by atoms with Gasteiger partial charge in [-0.1, -0.05) is 0 Å². The van der Waals surface area contributed by atoms with Crippen LogP contribution in [0, 0.1) is 0 Å². The van der Waals surface area contributed by atoms with E-state index in [1.165, 1.54) is 22.8 Å². The van der Waals surface area contributed by atoms with E-state index in [-0.39, 0.29) is 5.56 Å².